The van der Waals surface area contributed by atoms with Crippen LogP contribution in [0.25, 0.3) is 0 Å². The highest BCUT2D eigenvalue weighted by molar-refractivity contribution is 9.08. The van der Waals surface area contributed by atoms with Crippen molar-refractivity contribution in [1.82, 2.24) is 4.31 Å². The predicted molar refractivity (Wildman–Crippen MR) is 89.3 cm³/mol. The molecule has 1 unspecified atom stereocenters. The average molecular weight is 386 g/mol. The van der Waals surface area contributed by atoms with Crippen LogP contribution in [-0.4, -0.2) is 19.3 Å². The second-order valence-corrected chi connectivity index (χ2v) is 8.50. The van der Waals surface area contributed by atoms with Gasteiger partial charge in [-0.25, -0.2) is 8.42 Å². The first-order valence-corrected chi connectivity index (χ1v) is 10.3. The van der Waals surface area contributed by atoms with Crippen molar-refractivity contribution in [2.24, 2.45) is 0 Å². The Morgan fingerprint density at radius 2 is 2.00 bits per heavy atom. The first-order valence-electron chi connectivity index (χ1n) is 6.83. The lowest BCUT2D eigenvalue weighted by Crippen LogP contribution is -2.30. The zero-order valence-electron chi connectivity index (χ0n) is 11.4. The lowest BCUT2D eigenvalue weighted by molar-refractivity contribution is 0.401. The van der Waals surface area contributed by atoms with Crippen LogP contribution in [0.4, 0.5) is 0 Å². The SMILES string of the molecule is O=S(=O)(c1ccc(CBr)cc1)N1CCCC1c1cccs1. The highest BCUT2D eigenvalue weighted by atomic mass is 79.9. The Hall–Kier alpha value is -0.690. The third-order valence-corrected chi connectivity index (χ3v) is 7.30. The van der Waals surface area contributed by atoms with Gasteiger partial charge in [0.2, 0.25) is 10.0 Å². The van der Waals surface area contributed by atoms with Crippen LogP contribution in [0.1, 0.15) is 29.3 Å². The molecular formula is C15H16BrNO2S2. The molecule has 112 valence electrons. The second-order valence-electron chi connectivity index (χ2n) is 5.07. The fraction of sp³-hybridized carbons (Fsp3) is 0.333. The maximum absolute atomic E-state index is 12.9. The molecule has 1 atom stereocenters. The molecule has 1 aromatic heterocycles. The molecule has 1 saturated heterocycles. The number of nitrogens with zero attached hydrogens (tertiary/aromatic N) is 1. The lowest BCUT2D eigenvalue weighted by atomic mass is 10.2. The molecule has 6 heteroatoms. The first-order chi connectivity index (χ1) is 10.1. The van der Waals surface area contributed by atoms with Gasteiger partial charge in [0.1, 0.15) is 0 Å². The van der Waals surface area contributed by atoms with Gasteiger partial charge in [-0.2, -0.15) is 4.31 Å². The Morgan fingerprint density at radius 1 is 1.24 bits per heavy atom. The van der Waals surface area contributed by atoms with Crippen LogP contribution >= 0.6 is 27.3 Å². The predicted octanol–water partition coefficient (Wildman–Crippen LogP) is 4.17. The highest BCUT2D eigenvalue weighted by Crippen LogP contribution is 2.38. The van der Waals surface area contributed by atoms with Gasteiger partial charge in [0, 0.05) is 16.8 Å². The smallest absolute Gasteiger partial charge is 0.207 e. The minimum Gasteiger partial charge on any atom is -0.207 e. The Balaban J connectivity index is 1.93. The van der Waals surface area contributed by atoms with Crippen molar-refractivity contribution in [2.75, 3.05) is 6.54 Å². The monoisotopic (exact) mass is 385 g/mol. The molecule has 0 spiro atoms. The topological polar surface area (TPSA) is 37.4 Å². The molecule has 0 amide bonds. The molecule has 3 rings (SSSR count). The Bertz CT molecular complexity index is 696. The molecule has 0 N–H and O–H groups in total. The molecular weight excluding hydrogens is 370 g/mol. The van der Waals surface area contributed by atoms with Crippen LogP contribution in [0, 0.1) is 0 Å². The number of thiophene rings is 1. The Kier molecular flexibility index (Phi) is 4.49. The van der Waals surface area contributed by atoms with Crippen molar-refractivity contribution < 1.29 is 8.42 Å². The van der Waals surface area contributed by atoms with Gasteiger partial charge in [0.25, 0.3) is 0 Å². The molecule has 2 heterocycles. The molecule has 0 bridgehead atoms. The second kappa shape index (κ2) is 6.20. The number of rotatable bonds is 4. The van der Waals surface area contributed by atoms with E-state index in [1.807, 2.05) is 29.6 Å². The van der Waals surface area contributed by atoms with E-state index in [2.05, 4.69) is 15.9 Å². The van der Waals surface area contributed by atoms with Crippen LogP contribution in [0.3, 0.4) is 0 Å². The average Bonchev–Trinajstić information content (AvgIpc) is 3.17. The molecule has 3 nitrogen and oxygen atoms in total. The summed E-state index contributed by atoms with van der Waals surface area (Å²) in [4.78, 5) is 1.52. The number of hydrogen-bond acceptors (Lipinski definition) is 3. The van der Waals surface area contributed by atoms with E-state index in [-0.39, 0.29) is 6.04 Å². The lowest BCUT2D eigenvalue weighted by Gasteiger charge is -2.23. The summed E-state index contributed by atoms with van der Waals surface area (Å²) in [5, 5.41) is 2.73. The van der Waals surface area contributed by atoms with Gasteiger partial charge >= 0.3 is 0 Å². The van der Waals surface area contributed by atoms with Crippen molar-refractivity contribution in [3.63, 3.8) is 0 Å². The number of benzene rings is 1. The summed E-state index contributed by atoms with van der Waals surface area (Å²) < 4.78 is 27.4. The van der Waals surface area contributed by atoms with E-state index in [4.69, 9.17) is 0 Å². The first kappa shape index (κ1) is 15.2. The van der Waals surface area contributed by atoms with Gasteiger partial charge in [0.15, 0.2) is 0 Å². The zero-order valence-corrected chi connectivity index (χ0v) is 14.6. The van der Waals surface area contributed by atoms with E-state index in [0.29, 0.717) is 11.4 Å². The highest BCUT2D eigenvalue weighted by Gasteiger charge is 2.36. The molecule has 0 aliphatic carbocycles. The summed E-state index contributed by atoms with van der Waals surface area (Å²) in [6.45, 7) is 0.602. The van der Waals surface area contributed by atoms with Gasteiger partial charge in [0.05, 0.1) is 10.9 Å². The van der Waals surface area contributed by atoms with E-state index < -0.39 is 10.0 Å². The fourth-order valence-electron chi connectivity index (χ4n) is 2.68. The number of halogens is 1. The summed E-state index contributed by atoms with van der Waals surface area (Å²) >= 11 is 5.00. The largest absolute Gasteiger partial charge is 0.243 e. The summed E-state index contributed by atoms with van der Waals surface area (Å²) in [5.74, 6) is 0. The van der Waals surface area contributed by atoms with Crippen molar-refractivity contribution in [1.29, 1.82) is 0 Å². The quantitative estimate of drug-likeness (QED) is 0.740. The molecule has 1 aliphatic rings. The molecule has 1 aromatic carbocycles. The van der Waals surface area contributed by atoms with Gasteiger partial charge < -0.3 is 0 Å². The molecule has 2 aromatic rings. The maximum atomic E-state index is 12.9. The minimum absolute atomic E-state index is 0.00847. The van der Waals surface area contributed by atoms with E-state index in [0.717, 1.165) is 28.6 Å². The molecule has 0 radical (unpaired) electrons. The summed E-state index contributed by atoms with van der Waals surface area (Å²) in [6, 6.07) is 11.1. The minimum atomic E-state index is -3.41. The third kappa shape index (κ3) is 2.95. The van der Waals surface area contributed by atoms with E-state index >= 15 is 0 Å². The maximum Gasteiger partial charge on any atom is 0.243 e. The summed E-state index contributed by atoms with van der Waals surface area (Å²) in [5.41, 5.74) is 1.07. The number of sulfonamides is 1. The third-order valence-electron chi connectivity index (χ3n) is 3.76. The van der Waals surface area contributed by atoms with Gasteiger partial charge in [-0.15, -0.1) is 11.3 Å². The van der Waals surface area contributed by atoms with Crippen LogP contribution in [-0.2, 0) is 15.4 Å². The molecule has 21 heavy (non-hydrogen) atoms. The molecule has 1 fully saturated rings. The van der Waals surface area contributed by atoms with Crippen molar-refractivity contribution in [2.45, 2.75) is 29.1 Å². The fourth-order valence-corrected chi connectivity index (χ4v) is 5.67. The summed E-state index contributed by atoms with van der Waals surface area (Å²) in [7, 11) is -3.41. The Morgan fingerprint density at radius 3 is 2.62 bits per heavy atom. The van der Waals surface area contributed by atoms with E-state index in [1.165, 1.54) is 0 Å². The van der Waals surface area contributed by atoms with Crippen molar-refractivity contribution >= 4 is 37.3 Å². The van der Waals surface area contributed by atoms with Crippen LogP contribution in [0.5, 0.6) is 0 Å². The van der Waals surface area contributed by atoms with E-state index in [9.17, 15) is 8.42 Å². The van der Waals surface area contributed by atoms with Gasteiger partial charge in [-0.05, 0) is 42.0 Å². The number of alkyl halides is 1. The van der Waals surface area contributed by atoms with Crippen molar-refractivity contribution in [3.8, 4) is 0 Å². The van der Waals surface area contributed by atoms with Crippen LogP contribution in [0.2, 0.25) is 0 Å². The normalized spacial score (nSPS) is 20.0. The Labute approximate surface area is 137 Å². The summed E-state index contributed by atoms with van der Waals surface area (Å²) in [6.07, 6.45) is 1.82. The van der Waals surface area contributed by atoms with Crippen LogP contribution < -0.4 is 0 Å². The van der Waals surface area contributed by atoms with E-state index in [1.54, 1.807) is 27.8 Å². The molecule has 1 aliphatic heterocycles. The van der Waals surface area contributed by atoms with Gasteiger partial charge in [-0.1, -0.05) is 34.1 Å². The van der Waals surface area contributed by atoms with Crippen LogP contribution in [0.15, 0.2) is 46.7 Å². The molecule has 0 saturated carbocycles. The van der Waals surface area contributed by atoms with Crippen molar-refractivity contribution in [3.05, 3.63) is 52.2 Å². The van der Waals surface area contributed by atoms with Gasteiger partial charge in [-0.3, -0.25) is 0 Å². The zero-order chi connectivity index (χ0) is 14.9. The standard InChI is InChI=1S/C15H16BrNO2S2/c16-11-12-5-7-13(8-6-12)21(18,19)17-9-1-3-14(17)15-4-2-10-20-15/h2,4-8,10,14H,1,3,9,11H2. The number of hydrogen-bond donors (Lipinski definition) is 0.